The molecule has 1 fully saturated rings. The number of hydrogen-bond acceptors (Lipinski definition) is 4. The van der Waals surface area contributed by atoms with Crippen LogP contribution in [0.5, 0.6) is 0 Å². The van der Waals surface area contributed by atoms with E-state index in [1.807, 2.05) is 30.3 Å². The molecule has 0 heterocycles. The highest BCUT2D eigenvalue weighted by Crippen LogP contribution is 2.18. The molecular formula is C23H26N2O4. The number of hydrogen-bond donors (Lipinski definition) is 2. The van der Waals surface area contributed by atoms with Gasteiger partial charge in [-0.05, 0) is 30.5 Å². The van der Waals surface area contributed by atoms with Gasteiger partial charge in [-0.15, -0.1) is 0 Å². The molecule has 0 atom stereocenters. The number of carbonyl (C=O) groups excluding carboxylic acids is 3. The van der Waals surface area contributed by atoms with E-state index >= 15 is 0 Å². The number of esters is 1. The van der Waals surface area contributed by atoms with E-state index in [1.165, 1.54) is 6.42 Å². The van der Waals surface area contributed by atoms with E-state index in [-0.39, 0.29) is 36.4 Å². The molecule has 1 aliphatic carbocycles. The lowest BCUT2D eigenvalue weighted by molar-refractivity contribution is -0.125. The number of carbonyl (C=O) groups is 3. The highest BCUT2D eigenvalue weighted by molar-refractivity contribution is 6.02. The monoisotopic (exact) mass is 394 g/mol. The molecule has 2 amide bonds. The van der Waals surface area contributed by atoms with Gasteiger partial charge < -0.3 is 15.4 Å². The first kappa shape index (κ1) is 20.6. The normalized spacial score (nSPS) is 14.1. The lowest BCUT2D eigenvalue weighted by Gasteiger charge is -2.22. The molecule has 2 aromatic carbocycles. The summed E-state index contributed by atoms with van der Waals surface area (Å²) in [6.07, 6.45) is 5.57. The molecule has 0 bridgehead atoms. The summed E-state index contributed by atoms with van der Waals surface area (Å²) < 4.78 is 5.17. The van der Waals surface area contributed by atoms with Crippen LogP contribution in [-0.2, 0) is 20.7 Å². The summed E-state index contributed by atoms with van der Waals surface area (Å²) in [4.78, 5) is 36.8. The zero-order chi connectivity index (χ0) is 20.5. The van der Waals surface area contributed by atoms with Crippen molar-refractivity contribution in [3.63, 3.8) is 0 Å². The topological polar surface area (TPSA) is 84.5 Å². The minimum Gasteiger partial charge on any atom is -0.452 e. The minimum atomic E-state index is -0.639. The van der Waals surface area contributed by atoms with Crippen molar-refractivity contribution in [3.8, 4) is 0 Å². The quantitative estimate of drug-likeness (QED) is 0.704. The highest BCUT2D eigenvalue weighted by atomic mass is 16.5. The molecule has 1 aliphatic rings. The second-order valence-corrected chi connectivity index (χ2v) is 7.23. The molecule has 6 nitrogen and oxygen atoms in total. The maximum atomic E-state index is 12.4. The summed E-state index contributed by atoms with van der Waals surface area (Å²) in [5, 5.41) is 5.67. The van der Waals surface area contributed by atoms with Crippen LogP contribution in [0, 0.1) is 0 Å². The largest absolute Gasteiger partial charge is 0.452 e. The van der Waals surface area contributed by atoms with Gasteiger partial charge in [0, 0.05) is 6.04 Å². The highest BCUT2D eigenvalue weighted by Gasteiger charge is 2.19. The number of amides is 2. The zero-order valence-corrected chi connectivity index (χ0v) is 16.4. The van der Waals surface area contributed by atoms with Gasteiger partial charge in [-0.3, -0.25) is 9.59 Å². The zero-order valence-electron chi connectivity index (χ0n) is 16.4. The molecule has 152 valence electrons. The van der Waals surface area contributed by atoms with E-state index in [0.29, 0.717) is 5.69 Å². The van der Waals surface area contributed by atoms with Gasteiger partial charge in [0.1, 0.15) is 0 Å². The lowest BCUT2D eigenvalue weighted by Crippen LogP contribution is -2.38. The van der Waals surface area contributed by atoms with Crippen LogP contribution in [0.25, 0.3) is 0 Å². The Balaban J connectivity index is 1.53. The van der Waals surface area contributed by atoms with E-state index in [9.17, 15) is 14.4 Å². The van der Waals surface area contributed by atoms with Crippen LogP contribution in [0.3, 0.4) is 0 Å². The first-order valence-corrected chi connectivity index (χ1v) is 10.0. The Hall–Kier alpha value is -3.15. The smallest absolute Gasteiger partial charge is 0.340 e. The third-order valence-corrected chi connectivity index (χ3v) is 4.93. The van der Waals surface area contributed by atoms with Crippen LogP contribution in [0.15, 0.2) is 54.6 Å². The predicted octanol–water partition coefficient (Wildman–Crippen LogP) is 3.47. The first-order valence-electron chi connectivity index (χ1n) is 10.0. The summed E-state index contributed by atoms with van der Waals surface area (Å²) in [6.45, 7) is -0.332. The number of nitrogens with one attached hydrogen (secondary N) is 2. The molecule has 29 heavy (non-hydrogen) atoms. The van der Waals surface area contributed by atoms with Crippen molar-refractivity contribution in [2.24, 2.45) is 0 Å². The molecule has 0 spiro atoms. The second kappa shape index (κ2) is 10.4. The van der Waals surface area contributed by atoms with E-state index in [2.05, 4.69) is 10.6 Å². The minimum absolute atomic E-state index is 0.166. The van der Waals surface area contributed by atoms with Crippen molar-refractivity contribution in [1.29, 1.82) is 0 Å². The van der Waals surface area contributed by atoms with Gasteiger partial charge in [-0.1, -0.05) is 61.7 Å². The van der Waals surface area contributed by atoms with Crippen LogP contribution in [-0.4, -0.2) is 30.4 Å². The van der Waals surface area contributed by atoms with E-state index in [4.69, 9.17) is 4.74 Å². The second-order valence-electron chi connectivity index (χ2n) is 7.23. The van der Waals surface area contributed by atoms with E-state index < -0.39 is 5.97 Å². The molecule has 0 radical (unpaired) electrons. The molecule has 2 N–H and O–H groups in total. The number of ether oxygens (including phenoxy) is 1. The summed E-state index contributed by atoms with van der Waals surface area (Å²) >= 11 is 0. The molecular weight excluding hydrogens is 368 g/mol. The van der Waals surface area contributed by atoms with Crippen molar-refractivity contribution in [1.82, 2.24) is 5.32 Å². The molecule has 1 saturated carbocycles. The third-order valence-electron chi connectivity index (χ3n) is 4.93. The van der Waals surface area contributed by atoms with Crippen LogP contribution in [0.2, 0.25) is 0 Å². The Kier molecular flexibility index (Phi) is 7.39. The van der Waals surface area contributed by atoms with Gasteiger partial charge in [-0.2, -0.15) is 0 Å². The molecule has 6 heteroatoms. The van der Waals surface area contributed by atoms with Crippen LogP contribution < -0.4 is 10.6 Å². The predicted molar refractivity (Wildman–Crippen MR) is 111 cm³/mol. The molecule has 0 aliphatic heterocycles. The Morgan fingerprint density at radius 3 is 2.31 bits per heavy atom. The average molecular weight is 394 g/mol. The summed E-state index contributed by atoms with van der Waals surface area (Å²) in [7, 11) is 0. The number of para-hydroxylation sites is 1. The summed E-state index contributed by atoms with van der Waals surface area (Å²) in [5.74, 6) is -1.17. The van der Waals surface area contributed by atoms with Crippen molar-refractivity contribution in [2.45, 2.75) is 44.6 Å². The molecule has 0 aromatic heterocycles. The van der Waals surface area contributed by atoms with Crippen LogP contribution in [0.4, 0.5) is 5.69 Å². The van der Waals surface area contributed by atoms with E-state index in [0.717, 1.165) is 31.2 Å². The van der Waals surface area contributed by atoms with Crippen LogP contribution in [0.1, 0.15) is 48.0 Å². The Labute approximate surface area is 170 Å². The maximum Gasteiger partial charge on any atom is 0.340 e. The fourth-order valence-electron chi connectivity index (χ4n) is 3.47. The Morgan fingerprint density at radius 1 is 0.862 bits per heavy atom. The Bertz CT molecular complexity index is 845. The van der Waals surface area contributed by atoms with Gasteiger partial charge >= 0.3 is 5.97 Å². The fraction of sp³-hybridized carbons (Fsp3) is 0.348. The lowest BCUT2D eigenvalue weighted by atomic mass is 9.95. The molecule has 0 saturated heterocycles. The summed E-state index contributed by atoms with van der Waals surface area (Å²) in [6, 6.07) is 16.1. The fourth-order valence-corrected chi connectivity index (χ4v) is 3.47. The van der Waals surface area contributed by atoms with Crippen molar-refractivity contribution >= 4 is 23.5 Å². The summed E-state index contributed by atoms with van der Waals surface area (Å²) in [5.41, 5.74) is 1.47. The van der Waals surface area contributed by atoms with Gasteiger partial charge in [0.2, 0.25) is 5.91 Å². The molecule has 3 rings (SSSR count). The average Bonchev–Trinajstić information content (AvgIpc) is 2.74. The van der Waals surface area contributed by atoms with Gasteiger partial charge in [0.05, 0.1) is 17.7 Å². The van der Waals surface area contributed by atoms with Crippen molar-refractivity contribution in [3.05, 3.63) is 65.7 Å². The van der Waals surface area contributed by atoms with Crippen molar-refractivity contribution in [2.75, 3.05) is 11.9 Å². The Morgan fingerprint density at radius 2 is 1.55 bits per heavy atom. The number of anilines is 1. The molecule has 2 aromatic rings. The standard InChI is InChI=1S/C23H26N2O4/c26-21(15-17-9-3-1-4-10-17)25-20-14-8-7-13-19(20)23(28)29-16-22(27)24-18-11-5-2-6-12-18/h1,3-4,7-10,13-14,18H,2,5-6,11-12,15-16H2,(H,24,27)(H,25,26). The van der Waals surface area contributed by atoms with Gasteiger partial charge in [-0.25, -0.2) is 4.79 Å². The van der Waals surface area contributed by atoms with E-state index in [1.54, 1.807) is 24.3 Å². The van der Waals surface area contributed by atoms with Crippen molar-refractivity contribution < 1.29 is 19.1 Å². The van der Waals surface area contributed by atoms with Crippen LogP contribution >= 0.6 is 0 Å². The first-order chi connectivity index (χ1) is 14.1. The van der Waals surface area contributed by atoms with Gasteiger partial charge in [0.25, 0.3) is 5.91 Å². The van der Waals surface area contributed by atoms with Gasteiger partial charge in [0.15, 0.2) is 6.61 Å². The molecule has 0 unspecified atom stereocenters. The maximum absolute atomic E-state index is 12.4. The number of benzene rings is 2. The number of rotatable bonds is 7. The third kappa shape index (κ3) is 6.45. The SMILES string of the molecule is O=C(Cc1ccccc1)Nc1ccccc1C(=O)OCC(=O)NC1CCCCC1.